The first kappa shape index (κ1) is 11.1. The molecule has 3 rings (SSSR count). The van der Waals surface area contributed by atoms with Crippen LogP contribution in [-0.2, 0) is 6.18 Å². The van der Waals surface area contributed by atoms with Crippen molar-refractivity contribution in [1.82, 2.24) is 0 Å². The van der Waals surface area contributed by atoms with Gasteiger partial charge in [0.1, 0.15) is 0 Å². The van der Waals surface area contributed by atoms with Crippen molar-refractivity contribution < 1.29 is 13.2 Å². The van der Waals surface area contributed by atoms with Crippen LogP contribution in [0.15, 0.2) is 54.6 Å². The molecule has 0 N–H and O–H groups in total. The lowest BCUT2D eigenvalue weighted by molar-refractivity contribution is -0.137. The van der Waals surface area contributed by atoms with Gasteiger partial charge in [0, 0.05) is 0 Å². The number of benzene rings is 3. The van der Waals surface area contributed by atoms with E-state index in [1.54, 1.807) is 0 Å². The average molecular weight is 246 g/mol. The second-order valence-corrected chi connectivity index (χ2v) is 4.22. The Kier molecular flexibility index (Phi) is 2.30. The summed E-state index contributed by atoms with van der Waals surface area (Å²) in [5, 5.41) is 3.26. The van der Waals surface area contributed by atoms with Gasteiger partial charge in [0.2, 0.25) is 0 Å². The molecule has 0 atom stereocenters. The highest BCUT2D eigenvalue weighted by Crippen LogP contribution is 2.33. The number of hydrogen-bond donors (Lipinski definition) is 0. The summed E-state index contributed by atoms with van der Waals surface area (Å²) in [4.78, 5) is 0. The number of hydrogen-bond acceptors (Lipinski definition) is 0. The maximum Gasteiger partial charge on any atom is 0.416 e. The van der Waals surface area contributed by atoms with Crippen LogP contribution in [0.25, 0.3) is 21.5 Å². The predicted octanol–water partition coefficient (Wildman–Crippen LogP) is 5.01. The molecule has 3 aromatic rings. The normalized spacial score (nSPS) is 12.2. The van der Waals surface area contributed by atoms with Gasteiger partial charge in [0.15, 0.2) is 0 Å². The highest BCUT2D eigenvalue weighted by atomic mass is 19.4. The van der Waals surface area contributed by atoms with Gasteiger partial charge in [0.25, 0.3) is 0 Å². The highest BCUT2D eigenvalue weighted by Gasteiger charge is 2.30. The fourth-order valence-corrected chi connectivity index (χ4v) is 2.18. The summed E-state index contributed by atoms with van der Waals surface area (Å²) in [5.74, 6) is 0. The Morgan fingerprint density at radius 1 is 0.667 bits per heavy atom. The maximum atomic E-state index is 12.7. The van der Waals surface area contributed by atoms with E-state index < -0.39 is 11.7 Å². The zero-order valence-electron chi connectivity index (χ0n) is 9.33. The Hall–Kier alpha value is -2.03. The van der Waals surface area contributed by atoms with Gasteiger partial charge in [0.05, 0.1) is 5.56 Å². The first-order valence-corrected chi connectivity index (χ1v) is 5.54. The minimum absolute atomic E-state index is 0.605. The summed E-state index contributed by atoms with van der Waals surface area (Å²) in [6, 6.07) is 15.1. The zero-order valence-corrected chi connectivity index (χ0v) is 9.33. The van der Waals surface area contributed by atoms with Crippen molar-refractivity contribution in [1.29, 1.82) is 0 Å². The number of fused-ring (bicyclic) bond motifs is 3. The van der Waals surface area contributed by atoms with E-state index in [0.717, 1.165) is 22.2 Å². The van der Waals surface area contributed by atoms with E-state index in [9.17, 15) is 13.2 Å². The van der Waals surface area contributed by atoms with Crippen LogP contribution in [0, 0.1) is 0 Å². The molecule has 0 saturated carbocycles. The molecule has 90 valence electrons. The Bertz CT molecular complexity index is 726. The fraction of sp³-hybridized carbons (Fsp3) is 0.0667. The molecule has 0 aliphatic rings. The molecule has 0 spiro atoms. The van der Waals surface area contributed by atoms with Gasteiger partial charge < -0.3 is 0 Å². The molecule has 0 aliphatic carbocycles. The molecule has 0 heterocycles. The lowest BCUT2D eigenvalue weighted by Gasteiger charge is -2.09. The van der Waals surface area contributed by atoms with Crippen LogP contribution in [0.4, 0.5) is 13.2 Å². The fourth-order valence-electron chi connectivity index (χ4n) is 2.18. The minimum Gasteiger partial charge on any atom is -0.166 e. The van der Waals surface area contributed by atoms with Crippen molar-refractivity contribution in [3.05, 3.63) is 60.2 Å². The van der Waals surface area contributed by atoms with E-state index in [4.69, 9.17) is 0 Å². The summed E-state index contributed by atoms with van der Waals surface area (Å²) in [6.07, 6.45) is -4.30. The second kappa shape index (κ2) is 3.73. The van der Waals surface area contributed by atoms with Crippen LogP contribution < -0.4 is 0 Å². The molecule has 0 unspecified atom stereocenters. The molecule has 3 aromatic carbocycles. The molecule has 0 nitrogen and oxygen atoms in total. The van der Waals surface area contributed by atoms with Crippen molar-refractivity contribution in [2.75, 3.05) is 0 Å². The number of rotatable bonds is 0. The quantitative estimate of drug-likeness (QED) is 0.489. The standard InChI is InChI=1S/C15H9F3/c16-15(17,18)12-8-7-11-6-5-10-3-1-2-4-13(10)14(11)9-12/h1-9H. The van der Waals surface area contributed by atoms with Gasteiger partial charge in [-0.3, -0.25) is 0 Å². The van der Waals surface area contributed by atoms with Crippen LogP contribution in [0.1, 0.15) is 5.56 Å². The summed E-state index contributed by atoms with van der Waals surface area (Å²) in [5.41, 5.74) is -0.605. The molecule has 0 bridgehead atoms. The van der Waals surface area contributed by atoms with Crippen LogP contribution >= 0.6 is 0 Å². The van der Waals surface area contributed by atoms with Crippen LogP contribution in [0.3, 0.4) is 0 Å². The van der Waals surface area contributed by atoms with Crippen LogP contribution in [0.2, 0.25) is 0 Å². The first-order chi connectivity index (χ1) is 8.55. The molecule has 0 aromatic heterocycles. The molecule has 0 fully saturated rings. The zero-order chi connectivity index (χ0) is 12.8. The van der Waals surface area contributed by atoms with Gasteiger partial charge in [-0.25, -0.2) is 0 Å². The van der Waals surface area contributed by atoms with Crippen molar-refractivity contribution in [3.8, 4) is 0 Å². The molecule has 0 aliphatic heterocycles. The van der Waals surface area contributed by atoms with E-state index in [1.165, 1.54) is 12.1 Å². The Balaban J connectivity index is 2.40. The lowest BCUT2D eigenvalue weighted by atomic mass is 10.00. The smallest absolute Gasteiger partial charge is 0.166 e. The van der Waals surface area contributed by atoms with E-state index in [1.807, 2.05) is 36.4 Å². The molecular formula is C15H9F3. The summed E-state index contributed by atoms with van der Waals surface area (Å²) < 4.78 is 38.1. The Morgan fingerprint density at radius 2 is 1.28 bits per heavy atom. The van der Waals surface area contributed by atoms with Gasteiger partial charge in [-0.1, -0.05) is 42.5 Å². The van der Waals surface area contributed by atoms with Crippen molar-refractivity contribution >= 4 is 21.5 Å². The molecular weight excluding hydrogens is 237 g/mol. The van der Waals surface area contributed by atoms with E-state index in [0.29, 0.717) is 5.39 Å². The van der Waals surface area contributed by atoms with Gasteiger partial charge in [-0.15, -0.1) is 0 Å². The topological polar surface area (TPSA) is 0 Å². The number of alkyl halides is 3. The molecule has 0 saturated heterocycles. The Labute approximate surface area is 102 Å². The Morgan fingerprint density at radius 3 is 2.00 bits per heavy atom. The molecule has 0 radical (unpaired) electrons. The third-order valence-electron chi connectivity index (χ3n) is 3.07. The van der Waals surface area contributed by atoms with Crippen molar-refractivity contribution in [2.24, 2.45) is 0 Å². The average Bonchev–Trinajstić information content (AvgIpc) is 2.37. The van der Waals surface area contributed by atoms with E-state index in [2.05, 4.69) is 0 Å². The van der Waals surface area contributed by atoms with E-state index >= 15 is 0 Å². The third kappa shape index (κ3) is 1.72. The third-order valence-corrected chi connectivity index (χ3v) is 3.07. The van der Waals surface area contributed by atoms with Gasteiger partial charge in [-0.05, 0) is 33.7 Å². The molecule has 18 heavy (non-hydrogen) atoms. The monoisotopic (exact) mass is 246 g/mol. The number of halogens is 3. The lowest BCUT2D eigenvalue weighted by Crippen LogP contribution is -2.04. The van der Waals surface area contributed by atoms with Crippen LogP contribution in [0.5, 0.6) is 0 Å². The van der Waals surface area contributed by atoms with Gasteiger partial charge in [-0.2, -0.15) is 13.2 Å². The van der Waals surface area contributed by atoms with Crippen LogP contribution in [-0.4, -0.2) is 0 Å². The minimum atomic E-state index is -4.30. The maximum absolute atomic E-state index is 12.7. The van der Waals surface area contributed by atoms with Crippen molar-refractivity contribution in [2.45, 2.75) is 6.18 Å². The predicted molar refractivity (Wildman–Crippen MR) is 66.5 cm³/mol. The largest absolute Gasteiger partial charge is 0.416 e. The second-order valence-electron chi connectivity index (χ2n) is 4.22. The first-order valence-electron chi connectivity index (χ1n) is 5.54. The highest BCUT2D eigenvalue weighted by molar-refractivity contribution is 6.07. The molecule has 3 heteroatoms. The van der Waals surface area contributed by atoms with Crippen molar-refractivity contribution in [3.63, 3.8) is 0 Å². The summed E-state index contributed by atoms with van der Waals surface area (Å²) in [7, 11) is 0. The van der Waals surface area contributed by atoms with Gasteiger partial charge >= 0.3 is 6.18 Å². The summed E-state index contributed by atoms with van der Waals surface area (Å²) in [6.45, 7) is 0. The summed E-state index contributed by atoms with van der Waals surface area (Å²) >= 11 is 0. The molecule has 0 amide bonds. The SMILES string of the molecule is FC(F)(F)c1ccc2ccc3ccccc3c2c1. The van der Waals surface area contributed by atoms with E-state index in [-0.39, 0.29) is 0 Å².